The van der Waals surface area contributed by atoms with Crippen molar-refractivity contribution in [2.24, 2.45) is 5.92 Å². The minimum Gasteiger partial charge on any atom is -0.360 e. The minimum atomic E-state index is 0.588. The first-order valence-corrected chi connectivity index (χ1v) is 5.47. The second-order valence-electron chi connectivity index (χ2n) is 4.29. The first kappa shape index (κ1) is 9.71. The lowest BCUT2D eigenvalue weighted by molar-refractivity contribution is 0.261. The van der Waals surface area contributed by atoms with E-state index >= 15 is 0 Å². The molecule has 1 saturated carbocycles. The summed E-state index contributed by atoms with van der Waals surface area (Å²) in [4.78, 5) is 0. The Kier molecular flexibility index (Phi) is 3.19. The molecule has 0 aliphatic heterocycles. The smallest absolute Gasteiger partial charge is 0.150 e. The Hall–Kier alpha value is -0.830. The number of rotatable bonds is 5. The number of nitrogens with zero attached hydrogens (tertiary/aromatic N) is 1. The van der Waals surface area contributed by atoms with E-state index in [9.17, 15) is 0 Å². The Morgan fingerprint density at radius 3 is 3.07 bits per heavy atom. The summed E-state index contributed by atoms with van der Waals surface area (Å²) in [5.41, 5.74) is 0. The highest BCUT2D eigenvalue weighted by Crippen LogP contribution is 2.30. The highest BCUT2D eigenvalue weighted by molar-refractivity contribution is 4.92. The molecule has 1 aromatic heterocycles. The molecular formula is C11H18N2O. The molecule has 3 nitrogen and oxygen atoms in total. The largest absolute Gasteiger partial charge is 0.360 e. The summed E-state index contributed by atoms with van der Waals surface area (Å²) in [6, 6.07) is 2.49. The van der Waals surface area contributed by atoms with Crippen LogP contribution in [0.2, 0.25) is 0 Å². The van der Waals surface area contributed by atoms with Crippen LogP contribution in [0.4, 0.5) is 0 Å². The molecule has 1 fully saturated rings. The van der Waals surface area contributed by atoms with Crippen LogP contribution in [-0.2, 0) is 6.54 Å². The summed E-state index contributed by atoms with van der Waals surface area (Å²) in [6.07, 6.45) is 7.27. The number of hydrogen-bond donors (Lipinski definition) is 1. The molecule has 0 aromatic carbocycles. The molecule has 1 atom stereocenters. The summed E-state index contributed by atoms with van der Waals surface area (Å²) in [6.45, 7) is 3.04. The molecule has 3 heteroatoms. The third-order valence-electron chi connectivity index (χ3n) is 3.03. The second kappa shape index (κ2) is 4.60. The Balaban J connectivity index is 1.64. The van der Waals surface area contributed by atoms with Crippen molar-refractivity contribution in [2.75, 3.05) is 0 Å². The summed E-state index contributed by atoms with van der Waals surface area (Å²) in [5, 5.41) is 7.12. The molecule has 1 unspecified atom stereocenters. The Labute approximate surface area is 84.9 Å². The van der Waals surface area contributed by atoms with Crippen molar-refractivity contribution in [3.63, 3.8) is 0 Å². The lowest BCUT2D eigenvalue weighted by atomic mass is 9.81. The van der Waals surface area contributed by atoms with Crippen molar-refractivity contribution in [1.29, 1.82) is 0 Å². The van der Waals surface area contributed by atoms with Crippen LogP contribution in [0.3, 0.4) is 0 Å². The zero-order chi connectivity index (χ0) is 9.80. The maximum atomic E-state index is 5.02. The van der Waals surface area contributed by atoms with Gasteiger partial charge in [0, 0.05) is 12.1 Å². The molecule has 1 aromatic rings. The SMILES string of the molecule is CC(CC1CCC1)NCc1ccno1. The van der Waals surface area contributed by atoms with Crippen molar-refractivity contribution < 1.29 is 4.52 Å². The van der Waals surface area contributed by atoms with Crippen LogP contribution in [0.25, 0.3) is 0 Å². The fourth-order valence-corrected chi connectivity index (χ4v) is 1.92. The molecule has 0 amide bonds. The van der Waals surface area contributed by atoms with Crippen LogP contribution in [0, 0.1) is 5.92 Å². The van der Waals surface area contributed by atoms with E-state index in [4.69, 9.17) is 4.52 Å². The molecule has 0 spiro atoms. The Morgan fingerprint density at radius 1 is 1.64 bits per heavy atom. The summed E-state index contributed by atoms with van der Waals surface area (Å²) < 4.78 is 5.02. The normalized spacial score (nSPS) is 19.2. The van der Waals surface area contributed by atoms with E-state index in [1.165, 1.54) is 25.7 Å². The second-order valence-corrected chi connectivity index (χ2v) is 4.29. The molecule has 0 bridgehead atoms. The average Bonchev–Trinajstić information content (AvgIpc) is 2.60. The van der Waals surface area contributed by atoms with Crippen LogP contribution in [0.15, 0.2) is 16.8 Å². The molecule has 0 saturated heterocycles. The zero-order valence-corrected chi connectivity index (χ0v) is 8.70. The van der Waals surface area contributed by atoms with Crippen LogP contribution in [-0.4, -0.2) is 11.2 Å². The number of aromatic nitrogens is 1. The lowest BCUT2D eigenvalue weighted by Gasteiger charge is -2.28. The van der Waals surface area contributed by atoms with Gasteiger partial charge in [-0.3, -0.25) is 0 Å². The molecular weight excluding hydrogens is 176 g/mol. The summed E-state index contributed by atoms with van der Waals surface area (Å²) in [5.74, 6) is 1.89. The highest BCUT2D eigenvalue weighted by Gasteiger charge is 2.19. The van der Waals surface area contributed by atoms with Gasteiger partial charge in [-0.05, 0) is 19.3 Å². The van der Waals surface area contributed by atoms with E-state index in [0.29, 0.717) is 6.04 Å². The van der Waals surface area contributed by atoms with Crippen molar-refractivity contribution in [2.45, 2.75) is 45.2 Å². The Bertz CT molecular complexity index is 254. The maximum absolute atomic E-state index is 5.02. The third kappa shape index (κ3) is 2.58. The van der Waals surface area contributed by atoms with Crippen LogP contribution in [0.5, 0.6) is 0 Å². The molecule has 78 valence electrons. The van der Waals surface area contributed by atoms with Gasteiger partial charge in [-0.15, -0.1) is 0 Å². The lowest BCUT2D eigenvalue weighted by Crippen LogP contribution is -2.29. The topological polar surface area (TPSA) is 38.1 Å². The fraction of sp³-hybridized carbons (Fsp3) is 0.727. The number of nitrogens with one attached hydrogen (secondary N) is 1. The van der Waals surface area contributed by atoms with Gasteiger partial charge in [0.2, 0.25) is 0 Å². The number of hydrogen-bond acceptors (Lipinski definition) is 3. The standard InChI is InChI=1S/C11H18N2O/c1-9(7-10-3-2-4-10)12-8-11-5-6-13-14-11/h5-6,9-10,12H,2-4,7-8H2,1H3. The van der Waals surface area contributed by atoms with Gasteiger partial charge in [0.1, 0.15) is 5.76 Å². The predicted octanol–water partition coefficient (Wildman–Crippen LogP) is 2.34. The third-order valence-corrected chi connectivity index (χ3v) is 3.03. The van der Waals surface area contributed by atoms with Crippen LogP contribution < -0.4 is 5.32 Å². The fourth-order valence-electron chi connectivity index (χ4n) is 1.92. The van der Waals surface area contributed by atoms with E-state index in [2.05, 4.69) is 17.4 Å². The van der Waals surface area contributed by atoms with Gasteiger partial charge in [0.05, 0.1) is 12.7 Å². The van der Waals surface area contributed by atoms with E-state index in [0.717, 1.165) is 18.2 Å². The first-order chi connectivity index (χ1) is 6.84. The van der Waals surface area contributed by atoms with E-state index in [1.54, 1.807) is 6.20 Å². The zero-order valence-electron chi connectivity index (χ0n) is 8.70. The van der Waals surface area contributed by atoms with Crippen molar-refractivity contribution >= 4 is 0 Å². The van der Waals surface area contributed by atoms with Crippen molar-refractivity contribution in [1.82, 2.24) is 10.5 Å². The molecule has 1 aliphatic rings. The molecule has 14 heavy (non-hydrogen) atoms. The van der Waals surface area contributed by atoms with E-state index in [-0.39, 0.29) is 0 Å². The Morgan fingerprint density at radius 2 is 2.50 bits per heavy atom. The van der Waals surface area contributed by atoms with Crippen LogP contribution in [0.1, 0.15) is 38.4 Å². The monoisotopic (exact) mass is 194 g/mol. The van der Waals surface area contributed by atoms with Gasteiger partial charge in [-0.1, -0.05) is 24.4 Å². The van der Waals surface area contributed by atoms with Gasteiger partial charge in [0.15, 0.2) is 0 Å². The molecule has 1 aliphatic carbocycles. The van der Waals surface area contributed by atoms with Gasteiger partial charge < -0.3 is 9.84 Å². The van der Waals surface area contributed by atoms with Crippen LogP contribution >= 0.6 is 0 Å². The minimum absolute atomic E-state index is 0.588. The first-order valence-electron chi connectivity index (χ1n) is 5.47. The van der Waals surface area contributed by atoms with Gasteiger partial charge in [-0.2, -0.15) is 0 Å². The summed E-state index contributed by atoms with van der Waals surface area (Å²) in [7, 11) is 0. The van der Waals surface area contributed by atoms with Gasteiger partial charge in [-0.25, -0.2) is 0 Å². The van der Waals surface area contributed by atoms with Crippen molar-refractivity contribution in [3.05, 3.63) is 18.0 Å². The van der Waals surface area contributed by atoms with E-state index < -0.39 is 0 Å². The average molecular weight is 194 g/mol. The van der Waals surface area contributed by atoms with Gasteiger partial charge in [0.25, 0.3) is 0 Å². The van der Waals surface area contributed by atoms with E-state index in [1.807, 2.05) is 6.07 Å². The summed E-state index contributed by atoms with van der Waals surface area (Å²) >= 11 is 0. The molecule has 1 N–H and O–H groups in total. The molecule has 2 rings (SSSR count). The van der Waals surface area contributed by atoms with Gasteiger partial charge >= 0.3 is 0 Å². The highest BCUT2D eigenvalue weighted by atomic mass is 16.5. The molecule has 0 radical (unpaired) electrons. The van der Waals surface area contributed by atoms with Crippen molar-refractivity contribution in [3.8, 4) is 0 Å². The maximum Gasteiger partial charge on any atom is 0.150 e. The molecule has 1 heterocycles. The quantitative estimate of drug-likeness (QED) is 0.781. The predicted molar refractivity (Wildman–Crippen MR) is 54.8 cm³/mol.